The van der Waals surface area contributed by atoms with Gasteiger partial charge < -0.3 is 15.6 Å². The summed E-state index contributed by atoms with van der Waals surface area (Å²) < 4.78 is 4.57. The molecule has 0 aromatic rings. The van der Waals surface area contributed by atoms with Crippen LogP contribution in [0.5, 0.6) is 0 Å². The monoisotopic (exact) mass is 131 g/mol. The van der Waals surface area contributed by atoms with Crippen molar-refractivity contribution in [3.8, 4) is 0 Å². The zero-order valence-electron chi connectivity index (χ0n) is 5.07. The van der Waals surface area contributed by atoms with Crippen LogP contribution in [0.4, 0.5) is 0 Å². The summed E-state index contributed by atoms with van der Waals surface area (Å²) in [6, 6.07) is -0.847. The summed E-state index contributed by atoms with van der Waals surface area (Å²) in [5, 5.41) is 8.97. The molecule has 1 fully saturated rings. The maximum Gasteiger partial charge on any atom is 0.326 e. The molecule has 9 heavy (non-hydrogen) atoms. The highest BCUT2D eigenvalue weighted by Crippen LogP contribution is 2.12. The molecule has 0 aliphatic carbocycles. The van der Waals surface area contributed by atoms with E-state index in [9.17, 15) is 4.79 Å². The van der Waals surface area contributed by atoms with Crippen molar-refractivity contribution in [3.63, 3.8) is 0 Å². The van der Waals surface area contributed by atoms with E-state index in [1.807, 2.05) is 0 Å². The normalized spacial score (nSPS) is 43.0. The number of esters is 1. The van der Waals surface area contributed by atoms with Crippen LogP contribution in [0.3, 0.4) is 0 Å². The Morgan fingerprint density at radius 2 is 2.33 bits per heavy atom. The molecule has 3 N–H and O–H groups in total. The summed E-state index contributed by atoms with van der Waals surface area (Å²) in [4.78, 5) is 10.5. The molecular weight excluding hydrogens is 122 g/mol. The first-order valence-corrected chi connectivity index (χ1v) is 2.77. The lowest BCUT2D eigenvalue weighted by molar-refractivity contribution is -0.141. The average molecular weight is 131 g/mol. The molecule has 0 radical (unpaired) electrons. The van der Waals surface area contributed by atoms with Crippen molar-refractivity contribution in [2.45, 2.75) is 25.2 Å². The number of hydrogen-bond donors (Lipinski definition) is 2. The number of nitrogens with two attached hydrogens (primary N) is 1. The third-order valence-corrected chi connectivity index (χ3v) is 1.42. The Morgan fingerprint density at radius 1 is 1.78 bits per heavy atom. The minimum absolute atomic E-state index is 0.451. The van der Waals surface area contributed by atoms with E-state index >= 15 is 0 Å². The summed E-state index contributed by atoms with van der Waals surface area (Å²) >= 11 is 0. The van der Waals surface area contributed by atoms with Crippen LogP contribution in [0, 0.1) is 0 Å². The van der Waals surface area contributed by atoms with Gasteiger partial charge in [-0.15, -0.1) is 0 Å². The predicted octanol–water partition coefficient (Wildman–Crippen LogP) is -1.38. The van der Waals surface area contributed by atoms with Crippen LogP contribution in [-0.2, 0) is 9.53 Å². The van der Waals surface area contributed by atoms with Gasteiger partial charge in [0.1, 0.15) is 18.2 Å². The third-order valence-electron chi connectivity index (χ3n) is 1.42. The molecule has 3 atom stereocenters. The molecule has 1 rings (SSSR count). The molecule has 52 valence electrons. The van der Waals surface area contributed by atoms with Crippen molar-refractivity contribution >= 4 is 5.97 Å². The van der Waals surface area contributed by atoms with Crippen LogP contribution in [0.2, 0.25) is 0 Å². The highest BCUT2D eigenvalue weighted by Gasteiger charge is 2.38. The maximum atomic E-state index is 10.5. The molecule has 0 saturated carbocycles. The lowest BCUT2D eigenvalue weighted by Gasteiger charge is -2.05. The average Bonchev–Trinajstić information content (AvgIpc) is 1.98. The number of ether oxygens (including phenoxy) is 1. The van der Waals surface area contributed by atoms with Gasteiger partial charge in [-0.25, -0.2) is 0 Å². The standard InChI is InChI=1S/C5H9NO3/c1-2-4(7)3(6)5(8)9-2/h2-4,7H,6H2,1H3/t2-,3+,4-/m1/s1. The van der Waals surface area contributed by atoms with Crippen molar-refractivity contribution in [2.75, 3.05) is 0 Å². The molecule has 0 unspecified atom stereocenters. The Hall–Kier alpha value is -0.610. The van der Waals surface area contributed by atoms with Gasteiger partial charge in [-0.2, -0.15) is 0 Å². The maximum absolute atomic E-state index is 10.5. The first-order chi connectivity index (χ1) is 4.13. The zero-order valence-corrected chi connectivity index (χ0v) is 5.07. The van der Waals surface area contributed by atoms with Gasteiger partial charge in [0.2, 0.25) is 0 Å². The zero-order chi connectivity index (χ0) is 7.02. The molecular formula is C5H9NO3. The fourth-order valence-corrected chi connectivity index (χ4v) is 0.763. The molecule has 4 nitrogen and oxygen atoms in total. The van der Waals surface area contributed by atoms with Crippen molar-refractivity contribution < 1.29 is 14.6 Å². The van der Waals surface area contributed by atoms with Crippen molar-refractivity contribution in [2.24, 2.45) is 5.73 Å². The summed E-state index contributed by atoms with van der Waals surface area (Å²) in [6.45, 7) is 1.61. The fraction of sp³-hybridized carbons (Fsp3) is 0.800. The molecule has 4 heteroatoms. The van der Waals surface area contributed by atoms with Gasteiger partial charge in [0.15, 0.2) is 0 Å². The van der Waals surface area contributed by atoms with E-state index in [0.717, 1.165) is 0 Å². The smallest absolute Gasteiger partial charge is 0.326 e. The van der Waals surface area contributed by atoms with Gasteiger partial charge in [0, 0.05) is 0 Å². The second-order valence-corrected chi connectivity index (χ2v) is 2.16. The van der Waals surface area contributed by atoms with Crippen molar-refractivity contribution in [3.05, 3.63) is 0 Å². The van der Waals surface area contributed by atoms with Gasteiger partial charge in [0.25, 0.3) is 0 Å². The highest BCUT2D eigenvalue weighted by molar-refractivity contribution is 5.78. The Balaban J connectivity index is 2.65. The second-order valence-electron chi connectivity index (χ2n) is 2.16. The first kappa shape index (κ1) is 6.51. The Bertz CT molecular complexity index is 136. The second kappa shape index (κ2) is 1.97. The summed E-state index contributed by atoms with van der Waals surface area (Å²) in [5.41, 5.74) is 5.19. The summed E-state index contributed by atoms with van der Waals surface area (Å²) in [6.07, 6.45) is -1.29. The van der Waals surface area contributed by atoms with Crippen molar-refractivity contribution in [1.29, 1.82) is 0 Å². The quantitative estimate of drug-likeness (QED) is 0.397. The van der Waals surface area contributed by atoms with Crippen LogP contribution in [0.1, 0.15) is 6.92 Å². The molecule has 1 saturated heterocycles. The molecule has 0 aromatic heterocycles. The Morgan fingerprint density at radius 3 is 2.44 bits per heavy atom. The number of aliphatic hydroxyl groups excluding tert-OH is 1. The van der Waals surface area contributed by atoms with Crippen LogP contribution in [-0.4, -0.2) is 29.3 Å². The van der Waals surface area contributed by atoms with Gasteiger partial charge in [0.05, 0.1) is 0 Å². The number of hydrogen-bond acceptors (Lipinski definition) is 4. The topological polar surface area (TPSA) is 72.5 Å². The first-order valence-electron chi connectivity index (χ1n) is 2.77. The minimum atomic E-state index is -0.847. The molecule has 1 heterocycles. The molecule has 0 aromatic carbocycles. The number of cyclic esters (lactones) is 1. The van der Waals surface area contributed by atoms with Crippen LogP contribution in [0.25, 0.3) is 0 Å². The van der Waals surface area contributed by atoms with Gasteiger partial charge in [-0.05, 0) is 6.92 Å². The van der Waals surface area contributed by atoms with E-state index < -0.39 is 24.2 Å². The Labute approximate surface area is 52.6 Å². The van der Waals surface area contributed by atoms with Gasteiger partial charge >= 0.3 is 5.97 Å². The molecule has 0 spiro atoms. The third kappa shape index (κ3) is 0.906. The number of carbonyl (C=O) groups excluding carboxylic acids is 1. The fourth-order valence-electron chi connectivity index (χ4n) is 0.763. The molecule has 1 aliphatic rings. The van der Waals surface area contributed by atoms with E-state index in [2.05, 4.69) is 4.74 Å². The molecule has 0 amide bonds. The largest absolute Gasteiger partial charge is 0.459 e. The lowest BCUT2D eigenvalue weighted by atomic mass is 10.1. The van der Waals surface area contributed by atoms with E-state index in [4.69, 9.17) is 10.8 Å². The van der Waals surface area contributed by atoms with Crippen LogP contribution in [0.15, 0.2) is 0 Å². The number of aliphatic hydroxyl groups is 1. The van der Waals surface area contributed by atoms with E-state index in [1.54, 1.807) is 6.92 Å². The number of rotatable bonds is 0. The van der Waals surface area contributed by atoms with E-state index in [-0.39, 0.29) is 0 Å². The number of carbonyl (C=O) groups is 1. The van der Waals surface area contributed by atoms with E-state index in [1.165, 1.54) is 0 Å². The highest BCUT2D eigenvalue weighted by atomic mass is 16.6. The van der Waals surface area contributed by atoms with Crippen LogP contribution < -0.4 is 5.73 Å². The van der Waals surface area contributed by atoms with Gasteiger partial charge in [-0.1, -0.05) is 0 Å². The predicted molar refractivity (Wildman–Crippen MR) is 29.5 cm³/mol. The SMILES string of the molecule is C[C@H]1OC(=O)[C@@H](N)[C@@H]1O. The van der Waals surface area contributed by atoms with Gasteiger partial charge in [-0.3, -0.25) is 4.79 Å². The summed E-state index contributed by atoms with van der Waals surface area (Å²) in [7, 11) is 0. The Kier molecular flexibility index (Phi) is 1.42. The minimum Gasteiger partial charge on any atom is -0.459 e. The van der Waals surface area contributed by atoms with E-state index in [0.29, 0.717) is 0 Å². The lowest BCUT2D eigenvalue weighted by Crippen LogP contribution is -2.37. The molecule has 0 bridgehead atoms. The molecule has 1 aliphatic heterocycles. The summed E-state index contributed by atoms with van der Waals surface area (Å²) in [5.74, 6) is -0.519. The van der Waals surface area contributed by atoms with Crippen molar-refractivity contribution in [1.82, 2.24) is 0 Å². The van der Waals surface area contributed by atoms with Crippen LogP contribution >= 0.6 is 0 Å².